The fraction of sp³-hybridized carbons (Fsp3) is 0.478. The normalized spacial score (nSPS) is 14.7. The molecule has 6 nitrogen and oxygen atoms in total. The largest absolute Gasteiger partial charge is 0.493 e. The molecule has 29 heavy (non-hydrogen) atoms. The number of aryl methyl sites for hydroxylation is 1. The van der Waals surface area contributed by atoms with Crippen LogP contribution >= 0.6 is 0 Å². The average molecular weight is 398 g/mol. The third-order valence-corrected chi connectivity index (χ3v) is 5.34. The Morgan fingerprint density at radius 2 is 1.79 bits per heavy atom. The van der Waals surface area contributed by atoms with Crippen molar-refractivity contribution in [2.75, 3.05) is 24.9 Å². The van der Waals surface area contributed by atoms with Gasteiger partial charge in [-0.15, -0.1) is 0 Å². The van der Waals surface area contributed by atoms with E-state index in [0.29, 0.717) is 36.1 Å². The first-order chi connectivity index (χ1) is 14.2. The van der Waals surface area contributed by atoms with E-state index in [1.54, 1.807) is 20.4 Å². The second-order valence-electron chi connectivity index (χ2n) is 7.50. The molecule has 2 N–H and O–H groups in total. The number of methoxy groups -OCH3 is 2. The van der Waals surface area contributed by atoms with Crippen LogP contribution in [0.3, 0.4) is 0 Å². The average Bonchev–Trinajstić information content (AvgIpc) is 3.02. The summed E-state index contributed by atoms with van der Waals surface area (Å²) in [5, 5.41) is 6.44. The maximum absolute atomic E-state index is 12.3. The highest BCUT2D eigenvalue weighted by molar-refractivity contribution is 5.90. The monoisotopic (exact) mass is 397 g/mol. The molecule has 3 rings (SSSR count). The molecule has 1 saturated carbocycles. The molecular weight excluding hydrogens is 366 g/mol. The van der Waals surface area contributed by atoms with Crippen LogP contribution in [0.1, 0.15) is 50.5 Å². The molecule has 0 saturated heterocycles. The van der Waals surface area contributed by atoms with Crippen molar-refractivity contribution in [1.29, 1.82) is 0 Å². The lowest BCUT2D eigenvalue weighted by Gasteiger charge is -2.17. The van der Waals surface area contributed by atoms with Crippen molar-refractivity contribution in [2.45, 2.75) is 57.4 Å². The van der Waals surface area contributed by atoms with Gasteiger partial charge in [-0.1, -0.05) is 31.7 Å². The number of ether oxygens (including phenoxy) is 2. The minimum absolute atomic E-state index is 0.0361. The predicted octanol–water partition coefficient (Wildman–Crippen LogP) is 4.80. The summed E-state index contributed by atoms with van der Waals surface area (Å²) in [4.78, 5) is 16.8. The molecule has 1 fully saturated rings. The first-order valence-electron chi connectivity index (χ1n) is 10.4. The number of nitrogens with one attached hydrogen (secondary N) is 2. The van der Waals surface area contributed by atoms with Crippen molar-refractivity contribution in [3.63, 3.8) is 0 Å². The molecule has 0 unspecified atom stereocenters. The smallest absolute Gasteiger partial charge is 0.224 e. The van der Waals surface area contributed by atoms with Crippen molar-refractivity contribution < 1.29 is 14.3 Å². The second kappa shape index (κ2) is 10.7. The van der Waals surface area contributed by atoms with E-state index in [4.69, 9.17) is 9.47 Å². The molecule has 1 aromatic heterocycles. The van der Waals surface area contributed by atoms with Gasteiger partial charge in [-0.3, -0.25) is 4.79 Å². The van der Waals surface area contributed by atoms with Gasteiger partial charge in [-0.2, -0.15) is 0 Å². The first kappa shape index (κ1) is 21.0. The highest BCUT2D eigenvalue weighted by Crippen LogP contribution is 2.28. The summed E-state index contributed by atoms with van der Waals surface area (Å²) in [7, 11) is 3.21. The van der Waals surface area contributed by atoms with Gasteiger partial charge in [0.15, 0.2) is 11.5 Å². The molecule has 1 amide bonds. The van der Waals surface area contributed by atoms with Gasteiger partial charge in [0, 0.05) is 12.5 Å². The number of carbonyl (C=O) groups excluding carboxylic acids is 1. The summed E-state index contributed by atoms with van der Waals surface area (Å²) >= 11 is 0. The predicted molar refractivity (Wildman–Crippen MR) is 116 cm³/mol. The van der Waals surface area contributed by atoms with Gasteiger partial charge >= 0.3 is 0 Å². The van der Waals surface area contributed by atoms with E-state index in [9.17, 15) is 4.79 Å². The Balaban J connectivity index is 1.47. The summed E-state index contributed by atoms with van der Waals surface area (Å²) in [5.74, 6) is 2.20. The van der Waals surface area contributed by atoms with Crippen molar-refractivity contribution >= 4 is 17.4 Å². The summed E-state index contributed by atoms with van der Waals surface area (Å²) in [6.07, 6.45) is 10.4. The van der Waals surface area contributed by atoms with E-state index < -0.39 is 0 Å². The third-order valence-electron chi connectivity index (χ3n) is 5.34. The number of hydrogen-bond donors (Lipinski definition) is 2. The topological polar surface area (TPSA) is 72.5 Å². The van der Waals surface area contributed by atoms with Crippen LogP contribution < -0.4 is 20.1 Å². The van der Waals surface area contributed by atoms with Gasteiger partial charge in [-0.05, 0) is 49.1 Å². The maximum Gasteiger partial charge on any atom is 0.224 e. The molecule has 1 aliphatic rings. The molecule has 1 aromatic carbocycles. The number of carbonyl (C=O) groups is 1. The van der Waals surface area contributed by atoms with Crippen LogP contribution in [0.2, 0.25) is 0 Å². The number of aromatic nitrogens is 1. The van der Waals surface area contributed by atoms with Crippen molar-refractivity contribution in [3.8, 4) is 11.5 Å². The second-order valence-corrected chi connectivity index (χ2v) is 7.50. The summed E-state index contributed by atoms with van der Waals surface area (Å²) < 4.78 is 10.6. The molecule has 1 aliphatic carbocycles. The van der Waals surface area contributed by atoms with Crippen LogP contribution in [0, 0.1) is 0 Å². The Morgan fingerprint density at radius 3 is 2.45 bits per heavy atom. The minimum Gasteiger partial charge on any atom is -0.493 e. The van der Waals surface area contributed by atoms with E-state index in [1.807, 2.05) is 30.3 Å². The zero-order chi connectivity index (χ0) is 20.5. The summed E-state index contributed by atoms with van der Waals surface area (Å²) in [5.41, 5.74) is 1.74. The van der Waals surface area contributed by atoms with Crippen LogP contribution in [-0.4, -0.2) is 31.2 Å². The zero-order valence-corrected chi connectivity index (χ0v) is 17.4. The molecule has 6 heteroatoms. The molecule has 156 valence electrons. The van der Waals surface area contributed by atoms with Crippen LogP contribution in [0.15, 0.2) is 36.5 Å². The van der Waals surface area contributed by atoms with Gasteiger partial charge in [-0.25, -0.2) is 4.98 Å². The van der Waals surface area contributed by atoms with E-state index >= 15 is 0 Å². The van der Waals surface area contributed by atoms with Crippen LogP contribution in [0.4, 0.5) is 11.5 Å². The number of amides is 1. The van der Waals surface area contributed by atoms with Crippen molar-refractivity contribution in [2.24, 2.45) is 0 Å². The van der Waals surface area contributed by atoms with Crippen LogP contribution in [0.25, 0.3) is 0 Å². The number of anilines is 2. The Hall–Kier alpha value is -2.76. The third kappa shape index (κ3) is 6.38. The molecule has 1 heterocycles. The SMILES string of the molecule is COc1ccc(CCC(=O)Nc2ccc(NC3CCCCCC3)nc2)cc1OC. The minimum atomic E-state index is -0.0361. The van der Waals surface area contributed by atoms with Gasteiger partial charge in [0.05, 0.1) is 26.1 Å². The molecular formula is C23H31N3O3. The lowest BCUT2D eigenvalue weighted by atomic mass is 10.1. The van der Waals surface area contributed by atoms with Gasteiger partial charge in [0.2, 0.25) is 5.91 Å². The lowest BCUT2D eigenvalue weighted by molar-refractivity contribution is -0.116. The Labute approximate surface area is 173 Å². The number of hydrogen-bond acceptors (Lipinski definition) is 5. The van der Waals surface area contributed by atoms with E-state index in [-0.39, 0.29) is 5.91 Å². The fourth-order valence-electron chi connectivity index (χ4n) is 3.70. The van der Waals surface area contributed by atoms with Gasteiger partial charge < -0.3 is 20.1 Å². The van der Waals surface area contributed by atoms with Crippen LogP contribution in [-0.2, 0) is 11.2 Å². The fourth-order valence-corrected chi connectivity index (χ4v) is 3.70. The summed E-state index contributed by atoms with van der Waals surface area (Å²) in [6.45, 7) is 0. The molecule has 2 aromatic rings. The molecule has 0 atom stereocenters. The molecule has 0 radical (unpaired) electrons. The van der Waals surface area contributed by atoms with E-state index in [0.717, 1.165) is 11.4 Å². The van der Waals surface area contributed by atoms with Gasteiger partial charge in [0.1, 0.15) is 5.82 Å². The van der Waals surface area contributed by atoms with E-state index in [1.165, 1.54) is 38.5 Å². The van der Waals surface area contributed by atoms with Crippen LogP contribution in [0.5, 0.6) is 11.5 Å². The number of pyridine rings is 1. The molecule has 0 bridgehead atoms. The quantitative estimate of drug-likeness (QED) is 0.626. The maximum atomic E-state index is 12.3. The van der Waals surface area contributed by atoms with Crippen molar-refractivity contribution in [3.05, 3.63) is 42.1 Å². The highest BCUT2D eigenvalue weighted by Gasteiger charge is 2.12. The standard InChI is InChI=1S/C23H31N3O3/c1-28-20-12-9-17(15-21(20)29-2)10-14-23(27)26-19-11-13-22(24-16-19)25-18-7-5-3-4-6-8-18/h9,11-13,15-16,18H,3-8,10,14H2,1-2H3,(H,24,25)(H,26,27). The molecule has 0 spiro atoms. The Kier molecular flexibility index (Phi) is 7.73. The van der Waals surface area contributed by atoms with E-state index in [2.05, 4.69) is 15.6 Å². The van der Waals surface area contributed by atoms with Crippen molar-refractivity contribution in [1.82, 2.24) is 4.98 Å². The number of rotatable bonds is 8. The first-order valence-corrected chi connectivity index (χ1v) is 10.4. The summed E-state index contributed by atoms with van der Waals surface area (Å²) in [6, 6.07) is 10.1. The number of benzene rings is 1. The van der Waals surface area contributed by atoms with Gasteiger partial charge in [0.25, 0.3) is 0 Å². The Morgan fingerprint density at radius 1 is 1.03 bits per heavy atom. The number of nitrogens with zero attached hydrogens (tertiary/aromatic N) is 1. The zero-order valence-electron chi connectivity index (χ0n) is 17.4. The lowest BCUT2D eigenvalue weighted by Crippen LogP contribution is -2.19. The highest BCUT2D eigenvalue weighted by atomic mass is 16.5. The Bertz CT molecular complexity index is 784. The molecule has 0 aliphatic heterocycles.